The van der Waals surface area contributed by atoms with Gasteiger partial charge in [0, 0.05) is 30.0 Å². The highest BCUT2D eigenvalue weighted by molar-refractivity contribution is 7.89. The summed E-state index contributed by atoms with van der Waals surface area (Å²) < 4.78 is 57.3. The van der Waals surface area contributed by atoms with Crippen LogP contribution in [0.15, 0.2) is 70.6 Å². The van der Waals surface area contributed by atoms with Crippen molar-refractivity contribution in [3.05, 3.63) is 99.7 Å². The Morgan fingerprint density at radius 3 is 2.50 bits per heavy atom. The first-order chi connectivity index (χ1) is 22.1. The maximum atomic E-state index is 14.2. The fraction of sp³-hybridized carbons (Fsp3) is 0.333. The molecule has 1 saturated carbocycles. The molecule has 1 aliphatic carbocycles. The van der Waals surface area contributed by atoms with Crippen LogP contribution >= 0.6 is 0 Å². The predicted octanol–water partition coefficient (Wildman–Crippen LogP) is 4.54. The second-order valence-corrected chi connectivity index (χ2v) is 13.5. The number of pyridine rings is 2. The van der Waals surface area contributed by atoms with Crippen LogP contribution in [0.4, 0.5) is 14.5 Å². The number of nitrogens with zero attached hydrogens (tertiary/aromatic N) is 5. The van der Waals surface area contributed by atoms with E-state index in [9.17, 15) is 31.9 Å². The lowest BCUT2D eigenvalue weighted by Gasteiger charge is -2.41. The summed E-state index contributed by atoms with van der Waals surface area (Å²) in [5.74, 6) is -3.07. The summed E-state index contributed by atoms with van der Waals surface area (Å²) in [5.41, 5.74) is 0.913. The van der Waals surface area contributed by atoms with Crippen molar-refractivity contribution < 1.29 is 27.1 Å². The third kappa shape index (κ3) is 5.79. The van der Waals surface area contributed by atoms with Crippen molar-refractivity contribution in [2.45, 2.75) is 68.7 Å². The second-order valence-electron chi connectivity index (χ2n) is 11.6. The van der Waals surface area contributed by atoms with E-state index in [0.717, 1.165) is 33.3 Å². The summed E-state index contributed by atoms with van der Waals surface area (Å²) in [7, 11) is -4.48. The molecule has 4 aromatic rings. The number of aliphatic hydroxyl groups is 1. The van der Waals surface area contributed by atoms with E-state index in [0.29, 0.717) is 34.1 Å². The van der Waals surface area contributed by atoms with Crippen LogP contribution in [0.1, 0.15) is 61.3 Å². The van der Waals surface area contributed by atoms with Crippen LogP contribution in [0, 0.1) is 23.0 Å². The maximum absolute atomic E-state index is 14.2. The molecule has 1 atom stereocenters. The lowest BCUT2D eigenvalue weighted by Crippen LogP contribution is -2.59. The van der Waals surface area contributed by atoms with E-state index in [1.807, 2.05) is 18.3 Å². The highest BCUT2D eigenvalue weighted by Crippen LogP contribution is 2.34. The average Bonchev–Trinajstić information content (AvgIpc) is 3.04. The molecule has 1 amide bonds. The minimum Gasteiger partial charge on any atom is -0.376 e. The number of rotatable bonds is 8. The maximum Gasteiger partial charge on any atom is 0.260 e. The van der Waals surface area contributed by atoms with Gasteiger partial charge in [0.25, 0.3) is 5.56 Å². The normalized spacial score (nSPS) is 17.4. The van der Waals surface area contributed by atoms with Gasteiger partial charge in [0.1, 0.15) is 18.8 Å². The zero-order chi connectivity index (χ0) is 32.6. The lowest BCUT2D eigenvalue weighted by molar-refractivity contribution is -0.125. The monoisotopic (exact) mass is 647 g/mol. The Morgan fingerprint density at radius 1 is 1.07 bits per heavy atom. The smallest absolute Gasteiger partial charge is 0.260 e. The first-order valence-electron chi connectivity index (χ1n) is 15.0. The molecule has 6 rings (SSSR count). The van der Waals surface area contributed by atoms with E-state index in [1.165, 1.54) is 36.4 Å². The van der Waals surface area contributed by atoms with Gasteiger partial charge in [-0.05, 0) is 78.6 Å². The summed E-state index contributed by atoms with van der Waals surface area (Å²) in [6.07, 6.45) is 9.19. The van der Waals surface area contributed by atoms with Crippen LogP contribution in [0.2, 0.25) is 0 Å². The molecule has 0 radical (unpaired) electrons. The molecule has 2 aliphatic rings. The van der Waals surface area contributed by atoms with E-state index >= 15 is 0 Å². The van der Waals surface area contributed by atoms with Crippen molar-refractivity contribution in [2.24, 2.45) is 0 Å². The van der Waals surface area contributed by atoms with Gasteiger partial charge < -0.3 is 10.0 Å². The number of carbonyl (C=O) groups is 1. The number of fused-ring (bicyclic) bond motifs is 1. The van der Waals surface area contributed by atoms with Gasteiger partial charge in [0.15, 0.2) is 11.6 Å². The lowest BCUT2D eigenvalue weighted by atomic mass is 9.85. The minimum atomic E-state index is -4.48. The Labute approximate surface area is 264 Å². The number of aliphatic hydroxyl groups excluding tert-OH is 1. The van der Waals surface area contributed by atoms with Crippen molar-refractivity contribution in [3.63, 3.8) is 0 Å². The van der Waals surface area contributed by atoms with Gasteiger partial charge in [-0.25, -0.2) is 17.2 Å². The predicted molar refractivity (Wildman–Crippen MR) is 165 cm³/mol. The van der Waals surface area contributed by atoms with Gasteiger partial charge in [-0.1, -0.05) is 25.3 Å². The first-order valence-corrected chi connectivity index (χ1v) is 16.5. The summed E-state index contributed by atoms with van der Waals surface area (Å²) in [5, 5.41) is 19.5. The van der Waals surface area contributed by atoms with Crippen LogP contribution in [-0.4, -0.2) is 45.9 Å². The SMILES string of the molecule is N#Cc1cc(S(=O)(=O)N2CC[C@@H]2C(=O)N(Cc2ccc(C3CCCCC3)cn2)c2ccc3c(=O)n(CO)ccc3c2)cc(F)c1F. The van der Waals surface area contributed by atoms with E-state index in [4.69, 9.17) is 5.26 Å². The van der Waals surface area contributed by atoms with Crippen molar-refractivity contribution in [1.29, 1.82) is 5.26 Å². The molecular formula is C33H31F2N5O5S. The number of anilines is 1. The van der Waals surface area contributed by atoms with Crippen LogP contribution in [0.25, 0.3) is 10.8 Å². The molecule has 1 aliphatic heterocycles. The topological polar surface area (TPSA) is 137 Å². The highest BCUT2D eigenvalue weighted by Gasteiger charge is 2.45. The Bertz CT molecular complexity index is 2020. The second kappa shape index (κ2) is 12.7. The van der Waals surface area contributed by atoms with Crippen LogP contribution in [0.5, 0.6) is 0 Å². The third-order valence-corrected chi connectivity index (χ3v) is 10.8. The molecule has 2 aromatic carbocycles. The molecule has 46 heavy (non-hydrogen) atoms. The zero-order valence-corrected chi connectivity index (χ0v) is 25.6. The van der Waals surface area contributed by atoms with Gasteiger partial charge in [-0.2, -0.15) is 9.57 Å². The molecule has 0 bridgehead atoms. The fourth-order valence-corrected chi connectivity index (χ4v) is 7.89. The van der Waals surface area contributed by atoms with E-state index in [1.54, 1.807) is 24.3 Å². The number of benzene rings is 2. The Hall–Kier alpha value is -4.51. The summed E-state index contributed by atoms with van der Waals surface area (Å²) >= 11 is 0. The minimum absolute atomic E-state index is 0.00284. The van der Waals surface area contributed by atoms with Gasteiger partial charge in [0.2, 0.25) is 15.9 Å². The number of amides is 1. The summed E-state index contributed by atoms with van der Waals surface area (Å²) in [4.78, 5) is 32.3. The Kier molecular flexibility index (Phi) is 8.69. The van der Waals surface area contributed by atoms with Crippen molar-refractivity contribution in [3.8, 4) is 6.07 Å². The molecule has 10 nitrogen and oxygen atoms in total. The quantitative estimate of drug-likeness (QED) is 0.297. The molecule has 1 saturated heterocycles. The van der Waals surface area contributed by atoms with Crippen LogP contribution in [0.3, 0.4) is 0 Å². The van der Waals surface area contributed by atoms with Gasteiger partial charge in [-0.15, -0.1) is 0 Å². The van der Waals surface area contributed by atoms with Gasteiger partial charge >= 0.3 is 0 Å². The zero-order valence-electron chi connectivity index (χ0n) is 24.8. The largest absolute Gasteiger partial charge is 0.376 e. The molecule has 3 heterocycles. The van der Waals surface area contributed by atoms with Crippen molar-refractivity contribution >= 4 is 32.4 Å². The van der Waals surface area contributed by atoms with E-state index in [-0.39, 0.29) is 19.5 Å². The molecule has 2 fully saturated rings. The number of sulfonamides is 1. The van der Waals surface area contributed by atoms with Gasteiger partial charge in [-0.3, -0.25) is 19.1 Å². The highest BCUT2D eigenvalue weighted by atomic mass is 32.2. The van der Waals surface area contributed by atoms with Crippen LogP contribution in [-0.2, 0) is 28.1 Å². The standard InChI is InChI=1S/C33H31F2N5O5S/c34-29-16-27(15-24(17-36)31(29)35)46(44,45)40-13-11-30(40)33(43)39(19-25-7-6-23(18-37-25)21-4-2-1-3-5-21)26-8-9-28-22(14-26)10-12-38(20-41)32(28)42/h6-10,12,14-16,18,21,30,41H,1-5,11,13,19-20H2/t30-/m1/s1. The van der Waals surface area contributed by atoms with Crippen LogP contribution < -0.4 is 10.5 Å². The van der Waals surface area contributed by atoms with Gasteiger partial charge in [0.05, 0.1) is 22.7 Å². The molecule has 238 valence electrons. The molecule has 1 N–H and O–H groups in total. The number of carbonyl (C=O) groups excluding carboxylic acids is 1. The number of nitriles is 1. The third-order valence-electron chi connectivity index (χ3n) is 8.92. The van der Waals surface area contributed by atoms with Crippen molar-refractivity contribution in [1.82, 2.24) is 13.9 Å². The number of hydrogen-bond donors (Lipinski definition) is 1. The fourth-order valence-electron chi connectivity index (χ4n) is 6.23. The molecule has 0 unspecified atom stereocenters. The Balaban J connectivity index is 1.35. The molecule has 0 spiro atoms. The first kappa shape index (κ1) is 31.5. The van der Waals surface area contributed by atoms with Crippen molar-refractivity contribution in [2.75, 3.05) is 11.4 Å². The average molecular weight is 648 g/mol. The number of halogens is 2. The molecule has 2 aromatic heterocycles. The Morgan fingerprint density at radius 2 is 1.85 bits per heavy atom. The number of aromatic nitrogens is 2. The summed E-state index contributed by atoms with van der Waals surface area (Å²) in [6.45, 7) is -0.541. The van der Waals surface area contributed by atoms with E-state index < -0.39 is 56.4 Å². The number of hydrogen-bond acceptors (Lipinski definition) is 7. The molecular weight excluding hydrogens is 616 g/mol. The van der Waals surface area contributed by atoms with E-state index in [2.05, 4.69) is 4.98 Å². The molecule has 13 heteroatoms. The summed E-state index contributed by atoms with van der Waals surface area (Å²) in [6, 6.07) is 11.8.